The Hall–Kier alpha value is -1.06. The van der Waals surface area contributed by atoms with Crippen LogP contribution in [0.2, 0.25) is 0 Å². The minimum absolute atomic E-state index is 0. The minimum atomic E-state index is -1.25. The quantitative estimate of drug-likeness (QED) is 0.808. The van der Waals surface area contributed by atoms with Crippen molar-refractivity contribution >= 4 is 18.4 Å². The van der Waals surface area contributed by atoms with Gasteiger partial charge in [0.15, 0.2) is 0 Å². The van der Waals surface area contributed by atoms with Gasteiger partial charge in [0.05, 0.1) is 0 Å². The molecule has 1 unspecified atom stereocenters. The van der Waals surface area contributed by atoms with Crippen LogP contribution in [0.15, 0.2) is 30.3 Å². The molecule has 0 aromatic heterocycles. The summed E-state index contributed by atoms with van der Waals surface area (Å²) in [5.74, 6) is -0.985. The topological polar surface area (TPSA) is 63.3 Å². The number of hydrogen-bond donors (Lipinski definition) is 2. The van der Waals surface area contributed by atoms with E-state index in [0.29, 0.717) is 12.0 Å². The van der Waals surface area contributed by atoms with E-state index in [1.807, 2.05) is 6.07 Å². The molecule has 0 saturated heterocycles. The van der Waals surface area contributed by atoms with Crippen molar-refractivity contribution in [3.05, 3.63) is 35.9 Å². The summed E-state index contributed by atoms with van der Waals surface area (Å²) in [4.78, 5) is 10.9. The summed E-state index contributed by atoms with van der Waals surface area (Å²) in [5.41, 5.74) is 5.16. The Kier molecular flexibility index (Phi) is 4.60. The highest BCUT2D eigenvalue weighted by molar-refractivity contribution is 5.85. The van der Waals surface area contributed by atoms with Gasteiger partial charge in [-0.25, -0.2) is 4.79 Å². The molecular formula is C10H14ClNO2. The first-order chi connectivity index (χ1) is 6.11. The molecule has 0 aliphatic heterocycles. The fourth-order valence-electron chi connectivity index (χ4n) is 1.21. The van der Waals surface area contributed by atoms with Gasteiger partial charge in [-0.3, -0.25) is 0 Å². The third kappa shape index (κ3) is 2.25. The number of halogens is 1. The number of carbonyl (C=O) groups is 1. The van der Waals surface area contributed by atoms with Crippen molar-refractivity contribution in [3.63, 3.8) is 0 Å². The minimum Gasteiger partial charge on any atom is -0.480 e. The van der Waals surface area contributed by atoms with E-state index in [9.17, 15) is 4.79 Å². The molecule has 1 aromatic rings. The molecule has 0 bridgehead atoms. The maximum Gasteiger partial charge on any atom is 0.328 e. The van der Waals surface area contributed by atoms with Crippen molar-refractivity contribution in [3.8, 4) is 0 Å². The van der Waals surface area contributed by atoms with Gasteiger partial charge in [-0.05, 0) is 12.0 Å². The number of hydrogen-bond acceptors (Lipinski definition) is 2. The van der Waals surface area contributed by atoms with Crippen LogP contribution in [0.1, 0.15) is 18.9 Å². The lowest BCUT2D eigenvalue weighted by Crippen LogP contribution is -2.44. The zero-order valence-corrected chi connectivity index (χ0v) is 8.75. The highest BCUT2D eigenvalue weighted by Crippen LogP contribution is 2.21. The van der Waals surface area contributed by atoms with Gasteiger partial charge < -0.3 is 10.8 Å². The van der Waals surface area contributed by atoms with Crippen LogP contribution in [0, 0.1) is 0 Å². The van der Waals surface area contributed by atoms with Crippen LogP contribution in [-0.2, 0) is 10.3 Å². The lowest BCUT2D eigenvalue weighted by Gasteiger charge is -2.23. The first kappa shape index (κ1) is 12.9. The number of aliphatic carboxylic acids is 1. The summed E-state index contributed by atoms with van der Waals surface area (Å²) < 4.78 is 0. The van der Waals surface area contributed by atoms with Gasteiger partial charge >= 0.3 is 5.97 Å². The van der Waals surface area contributed by atoms with E-state index in [2.05, 4.69) is 0 Å². The number of carboxylic acid groups (broad SMARTS) is 1. The molecule has 0 aliphatic carbocycles. The Bertz CT molecular complexity index is 302. The molecule has 1 rings (SSSR count). The first-order valence-corrected chi connectivity index (χ1v) is 4.19. The van der Waals surface area contributed by atoms with Crippen LogP contribution >= 0.6 is 12.4 Å². The first-order valence-electron chi connectivity index (χ1n) is 4.19. The molecule has 1 atom stereocenters. The Morgan fingerprint density at radius 2 is 1.93 bits per heavy atom. The summed E-state index contributed by atoms with van der Waals surface area (Å²) in [5, 5.41) is 8.96. The lowest BCUT2D eigenvalue weighted by atomic mass is 9.89. The Balaban J connectivity index is 0.00000169. The predicted octanol–water partition coefficient (Wildman–Crippen LogP) is 1.76. The third-order valence-electron chi connectivity index (χ3n) is 2.23. The zero-order valence-electron chi connectivity index (χ0n) is 7.93. The molecular weight excluding hydrogens is 202 g/mol. The number of nitrogens with two attached hydrogens (primary N) is 1. The second-order valence-corrected chi connectivity index (χ2v) is 3.00. The van der Waals surface area contributed by atoms with Crippen LogP contribution in [-0.4, -0.2) is 11.1 Å². The van der Waals surface area contributed by atoms with Crippen LogP contribution in [0.25, 0.3) is 0 Å². The molecule has 3 nitrogen and oxygen atoms in total. The number of carboxylic acids is 1. The Labute approximate surface area is 89.3 Å². The molecule has 1 aromatic carbocycles. The van der Waals surface area contributed by atoms with Crippen molar-refractivity contribution < 1.29 is 9.90 Å². The van der Waals surface area contributed by atoms with Gasteiger partial charge in [0.1, 0.15) is 5.54 Å². The summed E-state index contributed by atoms with van der Waals surface area (Å²) in [6, 6.07) is 8.88. The van der Waals surface area contributed by atoms with Crippen LogP contribution in [0.3, 0.4) is 0 Å². The van der Waals surface area contributed by atoms with E-state index in [4.69, 9.17) is 10.8 Å². The molecule has 3 N–H and O–H groups in total. The molecule has 0 aliphatic rings. The van der Waals surface area contributed by atoms with Gasteiger partial charge in [-0.1, -0.05) is 37.3 Å². The molecule has 0 amide bonds. The molecule has 0 spiro atoms. The largest absolute Gasteiger partial charge is 0.480 e. The highest BCUT2D eigenvalue weighted by Gasteiger charge is 2.33. The van der Waals surface area contributed by atoms with Crippen LogP contribution in [0.4, 0.5) is 0 Å². The van der Waals surface area contributed by atoms with Crippen molar-refractivity contribution in [1.82, 2.24) is 0 Å². The highest BCUT2D eigenvalue weighted by atomic mass is 35.5. The van der Waals surface area contributed by atoms with E-state index in [0.717, 1.165) is 0 Å². The van der Waals surface area contributed by atoms with E-state index in [-0.39, 0.29) is 12.4 Å². The van der Waals surface area contributed by atoms with E-state index in [1.54, 1.807) is 31.2 Å². The molecule has 0 radical (unpaired) electrons. The average molecular weight is 216 g/mol. The van der Waals surface area contributed by atoms with Crippen molar-refractivity contribution in [2.45, 2.75) is 18.9 Å². The molecule has 0 saturated carbocycles. The summed E-state index contributed by atoms with van der Waals surface area (Å²) in [6.07, 6.45) is 0.381. The standard InChI is InChI=1S/C10H13NO2.ClH/c1-2-10(11,9(12)13)8-6-4-3-5-7-8;/h3-7H,2,11H2,1H3,(H,12,13);1H. The summed E-state index contributed by atoms with van der Waals surface area (Å²) >= 11 is 0. The summed E-state index contributed by atoms with van der Waals surface area (Å²) in [6.45, 7) is 1.76. The van der Waals surface area contributed by atoms with E-state index >= 15 is 0 Å². The van der Waals surface area contributed by atoms with Crippen LogP contribution in [0.5, 0.6) is 0 Å². The second kappa shape index (κ2) is 4.98. The molecule has 14 heavy (non-hydrogen) atoms. The smallest absolute Gasteiger partial charge is 0.328 e. The lowest BCUT2D eigenvalue weighted by molar-refractivity contribution is -0.143. The molecule has 4 heteroatoms. The average Bonchev–Trinajstić information content (AvgIpc) is 2.17. The van der Waals surface area contributed by atoms with Gasteiger partial charge in [-0.2, -0.15) is 0 Å². The Morgan fingerprint density at radius 1 is 1.43 bits per heavy atom. The maximum atomic E-state index is 10.9. The predicted molar refractivity (Wildman–Crippen MR) is 57.5 cm³/mol. The van der Waals surface area contributed by atoms with Gasteiger partial charge in [0.25, 0.3) is 0 Å². The monoisotopic (exact) mass is 215 g/mol. The molecule has 78 valence electrons. The summed E-state index contributed by atoms with van der Waals surface area (Å²) in [7, 11) is 0. The van der Waals surface area contributed by atoms with Crippen LogP contribution < -0.4 is 5.73 Å². The van der Waals surface area contributed by atoms with Gasteiger partial charge in [-0.15, -0.1) is 12.4 Å². The third-order valence-corrected chi connectivity index (χ3v) is 2.23. The van der Waals surface area contributed by atoms with E-state index < -0.39 is 11.5 Å². The Morgan fingerprint density at radius 3 is 2.29 bits per heavy atom. The normalized spacial score (nSPS) is 13.9. The van der Waals surface area contributed by atoms with Gasteiger partial charge in [0, 0.05) is 0 Å². The van der Waals surface area contributed by atoms with Crippen molar-refractivity contribution in [1.29, 1.82) is 0 Å². The SMILES string of the molecule is CCC(N)(C(=O)O)c1ccccc1.Cl. The maximum absolute atomic E-state index is 10.9. The number of rotatable bonds is 3. The fourth-order valence-corrected chi connectivity index (χ4v) is 1.21. The van der Waals surface area contributed by atoms with Gasteiger partial charge in [0.2, 0.25) is 0 Å². The second-order valence-electron chi connectivity index (χ2n) is 3.00. The molecule has 0 fully saturated rings. The van der Waals surface area contributed by atoms with E-state index in [1.165, 1.54) is 0 Å². The zero-order chi connectivity index (χ0) is 9.90. The van der Waals surface area contributed by atoms with Crippen molar-refractivity contribution in [2.24, 2.45) is 5.73 Å². The van der Waals surface area contributed by atoms with Crippen molar-refractivity contribution in [2.75, 3.05) is 0 Å². The number of benzene rings is 1. The molecule has 0 heterocycles. The fraction of sp³-hybridized carbons (Fsp3) is 0.300.